The van der Waals surface area contributed by atoms with E-state index < -0.39 is 0 Å². The molecule has 1 saturated heterocycles. The van der Waals surface area contributed by atoms with Crippen LogP contribution in [0.5, 0.6) is 0 Å². The molecule has 0 bridgehead atoms. The van der Waals surface area contributed by atoms with Gasteiger partial charge in [-0.2, -0.15) is 0 Å². The Labute approximate surface area is 98.4 Å². The molecule has 1 aromatic rings. The van der Waals surface area contributed by atoms with Gasteiger partial charge >= 0.3 is 0 Å². The molecule has 1 aliphatic heterocycles. The molecule has 1 heterocycles. The predicted octanol–water partition coefficient (Wildman–Crippen LogP) is 2.75. The number of hydrogen-bond acceptors (Lipinski definition) is 2. The van der Waals surface area contributed by atoms with Gasteiger partial charge in [0.2, 0.25) is 0 Å². The minimum absolute atomic E-state index is 0.816. The fourth-order valence-electron chi connectivity index (χ4n) is 2.43. The van der Waals surface area contributed by atoms with Crippen molar-refractivity contribution in [2.45, 2.75) is 26.8 Å². The Hall–Kier alpha value is -1.02. The van der Waals surface area contributed by atoms with E-state index in [2.05, 4.69) is 30.9 Å². The van der Waals surface area contributed by atoms with E-state index in [-0.39, 0.29) is 0 Å². The molecule has 0 amide bonds. The molecule has 2 nitrogen and oxygen atoms in total. The highest BCUT2D eigenvalue weighted by Crippen LogP contribution is 2.24. The maximum Gasteiger partial charge on any atom is 0.0314 e. The summed E-state index contributed by atoms with van der Waals surface area (Å²) < 4.78 is 0. The summed E-state index contributed by atoms with van der Waals surface area (Å²) in [5.41, 5.74) is 7.91. The largest absolute Gasteiger partial charge is 0.399 e. The molecule has 16 heavy (non-hydrogen) atoms. The van der Waals surface area contributed by atoms with E-state index in [1.165, 1.54) is 25.1 Å². The smallest absolute Gasteiger partial charge is 0.0314 e. The lowest BCUT2D eigenvalue weighted by molar-refractivity contribution is 0.297. The van der Waals surface area contributed by atoms with Crippen LogP contribution in [0.3, 0.4) is 0 Å². The van der Waals surface area contributed by atoms with Crippen molar-refractivity contribution in [2.24, 2.45) is 11.8 Å². The Morgan fingerprint density at radius 1 is 1.31 bits per heavy atom. The van der Waals surface area contributed by atoms with E-state index in [1.807, 2.05) is 12.1 Å². The zero-order chi connectivity index (χ0) is 11.5. The quantitative estimate of drug-likeness (QED) is 0.790. The molecule has 2 heteroatoms. The summed E-state index contributed by atoms with van der Waals surface area (Å²) in [7, 11) is 0. The maximum absolute atomic E-state index is 5.68. The van der Waals surface area contributed by atoms with Gasteiger partial charge in [-0.15, -0.1) is 0 Å². The van der Waals surface area contributed by atoms with Crippen molar-refractivity contribution in [1.82, 2.24) is 4.90 Å². The molecule has 1 aromatic carbocycles. The normalized spacial score (nSPS) is 21.8. The third kappa shape index (κ3) is 2.76. The van der Waals surface area contributed by atoms with E-state index in [0.717, 1.165) is 24.1 Å². The van der Waals surface area contributed by atoms with Crippen molar-refractivity contribution in [1.29, 1.82) is 0 Å². The van der Waals surface area contributed by atoms with Gasteiger partial charge in [-0.1, -0.05) is 26.0 Å². The fraction of sp³-hybridized carbons (Fsp3) is 0.571. The summed E-state index contributed by atoms with van der Waals surface area (Å²) in [6.07, 6.45) is 1.35. The average Bonchev–Trinajstić information content (AvgIpc) is 2.70. The summed E-state index contributed by atoms with van der Waals surface area (Å²) in [6.45, 7) is 8.23. The van der Waals surface area contributed by atoms with Crippen LogP contribution in [0.15, 0.2) is 24.3 Å². The fourth-order valence-corrected chi connectivity index (χ4v) is 2.43. The third-order valence-electron chi connectivity index (χ3n) is 3.64. The Morgan fingerprint density at radius 2 is 2.00 bits per heavy atom. The summed E-state index contributed by atoms with van der Waals surface area (Å²) in [4.78, 5) is 2.55. The van der Waals surface area contributed by atoms with Crippen molar-refractivity contribution in [3.05, 3.63) is 29.8 Å². The van der Waals surface area contributed by atoms with Crippen LogP contribution in [-0.4, -0.2) is 18.0 Å². The molecule has 0 spiro atoms. The monoisotopic (exact) mass is 218 g/mol. The van der Waals surface area contributed by atoms with Crippen LogP contribution in [0.2, 0.25) is 0 Å². The molecule has 0 aliphatic carbocycles. The first-order valence-corrected chi connectivity index (χ1v) is 6.22. The summed E-state index contributed by atoms with van der Waals surface area (Å²) >= 11 is 0. The van der Waals surface area contributed by atoms with E-state index in [1.54, 1.807) is 0 Å². The van der Waals surface area contributed by atoms with Gasteiger partial charge in [0.1, 0.15) is 0 Å². The second-order valence-electron chi connectivity index (χ2n) is 5.27. The molecular weight excluding hydrogens is 196 g/mol. The Balaban J connectivity index is 1.89. The number of likely N-dealkylation sites (tertiary alicyclic amines) is 1. The van der Waals surface area contributed by atoms with E-state index in [0.29, 0.717) is 0 Å². The van der Waals surface area contributed by atoms with Crippen LogP contribution in [0.25, 0.3) is 0 Å². The van der Waals surface area contributed by atoms with Crippen LogP contribution >= 0.6 is 0 Å². The van der Waals surface area contributed by atoms with Crippen molar-refractivity contribution < 1.29 is 0 Å². The molecule has 0 saturated carbocycles. The highest BCUT2D eigenvalue weighted by molar-refractivity contribution is 5.39. The van der Waals surface area contributed by atoms with Crippen LogP contribution in [-0.2, 0) is 6.54 Å². The van der Waals surface area contributed by atoms with Gasteiger partial charge in [0.25, 0.3) is 0 Å². The maximum atomic E-state index is 5.68. The molecule has 1 fully saturated rings. The molecule has 0 aromatic heterocycles. The van der Waals surface area contributed by atoms with E-state index >= 15 is 0 Å². The number of anilines is 1. The lowest BCUT2D eigenvalue weighted by Crippen LogP contribution is -2.21. The van der Waals surface area contributed by atoms with Crippen molar-refractivity contribution in [3.63, 3.8) is 0 Å². The SMILES string of the molecule is CC(C)C1CCN(Cc2ccc(N)cc2)C1. The van der Waals surface area contributed by atoms with E-state index in [4.69, 9.17) is 5.73 Å². The lowest BCUT2D eigenvalue weighted by atomic mass is 9.95. The summed E-state index contributed by atoms with van der Waals surface area (Å²) in [5, 5.41) is 0. The van der Waals surface area contributed by atoms with Crippen molar-refractivity contribution >= 4 is 5.69 Å². The van der Waals surface area contributed by atoms with Crippen molar-refractivity contribution in [2.75, 3.05) is 18.8 Å². The van der Waals surface area contributed by atoms with Gasteiger partial charge in [-0.05, 0) is 42.5 Å². The highest BCUT2D eigenvalue weighted by atomic mass is 15.1. The number of benzene rings is 1. The Morgan fingerprint density at radius 3 is 2.56 bits per heavy atom. The van der Waals surface area contributed by atoms with Gasteiger partial charge in [0.15, 0.2) is 0 Å². The zero-order valence-corrected chi connectivity index (χ0v) is 10.3. The molecule has 2 rings (SSSR count). The van der Waals surface area contributed by atoms with Crippen molar-refractivity contribution in [3.8, 4) is 0 Å². The van der Waals surface area contributed by atoms with Crippen LogP contribution in [0.4, 0.5) is 5.69 Å². The van der Waals surface area contributed by atoms with Gasteiger partial charge < -0.3 is 5.73 Å². The molecule has 1 unspecified atom stereocenters. The van der Waals surface area contributed by atoms with Crippen LogP contribution < -0.4 is 5.73 Å². The topological polar surface area (TPSA) is 29.3 Å². The summed E-state index contributed by atoms with van der Waals surface area (Å²) in [6, 6.07) is 8.26. The number of nitrogens with zero attached hydrogens (tertiary/aromatic N) is 1. The Bertz CT molecular complexity index is 329. The minimum Gasteiger partial charge on any atom is -0.399 e. The van der Waals surface area contributed by atoms with Gasteiger partial charge in [0, 0.05) is 18.8 Å². The second-order valence-corrected chi connectivity index (χ2v) is 5.27. The number of nitrogens with two attached hydrogens (primary N) is 1. The minimum atomic E-state index is 0.816. The highest BCUT2D eigenvalue weighted by Gasteiger charge is 2.24. The Kier molecular flexibility index (Phi) is 3.49. The zero-order valence-electron chi connectivity index (χ0n) is 10.3. The molecule has 1 atom stereocenters. The van der Waals surface area contributed by atoms with Gasteiger partial charge in [0.05, 0.1) is 0 Å². The number of rotatable bonds is 3. The molecule has 2 N–H and O–H groups in total. The average molecular weight is 218 g/mol. The lowest BCUT2D eigenvalue weighted by Gasteiger charge is -2.17. The van der Waals surface area contributed by atoms with E-state index in [9.17, 15) is 0 Å². The van der Waals surface area contributed by atoms with Crippen LogP contribution in [0.1, 0.15) is 25.8 Å². The van der Waals surface area contributed by atoms with Crippen LogP contribution in [0, 0.1) is 11.8 Å². The molecule has 88 valence electrons. The third-order valence-corrected chi connectivity index (χ3v) is 3.64. The number of nitrogen functional groups attached to an aromatic ring is 1. The van der Waals surface area contributed by atoms with Gasteiger partial charge in [-0.3, -0.25) is 4.90 Å². The number of hydrogen-bond donors (Lipinski definition) is 1. The van der Waals surface area contributed by atoms with Gasteiger partial charge in [-0.25, -0.2) is 0 Å². The summed E-state index contributed by atoms with van der Waals surface area (Å²) in [5.74, 6) is 1.70. The molecule has 0 radical (unpaired) electrons. The standard InChI is InChI=1S/C14H22N2/c1-11(2)13-7-8-16(10-13)9-12-3-5-14(15)6-4-12/h3-6,11,13H,7-10,15H2,1-2H3. The molecular formula is C14H22N2. The first-order valence-electron chi connectivity index (χ1n) is 6.22. The first kappa shape index (κ1) is 11.5. The second kappa shape index (κ2) is 4.88. The first-order chi connectivity index (χ1) is 7.65. The predicted molar refractivity (Wildman–Crippen MR) is 69.1 cm³/mol. The molecule has 1 aliphatic rings.